The normalized spacial score (nSPS) is 11.0. The van der Waals surface area contributed by atoms with E-state index in [0.29, 0.717) is 18.1 Å². The lowest BCUT2D eigenvalue weighted by molar-refractivity contribution is -0.696. The number of aliphatic carboxylic acids is 2. The Morgan fingerprint density at radius 3 is 2.31 bits per heavy atom. The summed E-state index contributed by atoms with van der Waals surface area (Å²) in [5.41, 5.74) is 0.887. The molecule has 0 aliphatic heterocycles. The molecule has 0 bridgehead atoms. The maximum absolute atomic E-state index is 10.9. The van der Waals surface area contributed by atoms with E-state index in [1.807, 2.05) is 24.0 Å². The second-order valence-electron chi connectivity index (χ2n) is 7.00. The van der Waals surface area contributed by atoms with Crippen LogP contribution in [0.15, 0.2) is 36.1 Å². The SMILES string of the molecule is Br.Br.CCCC[n+]1cc[nH]c1.CCCCn1c(C=C(C)C(=O)[O-])cnc1C=C(C)C(=O)O. The molecule has 0 saturated carbocycles. The summed E-state index contributed by atoms with van der Waals surface area (Å²) in [6.45, 7) is 8.96. The average molecular weight is 578 g/mol. The Hall–Kier alpha value is -2.20. The fourth-order valence-corrected chi connectivity index (χ4v) is 2.53. The van der Waals surface area contributed by atoms with Crippen LogP contribution in [-0.2, 0) is 22.7 Å². The van der Waals surface area contributed by atoms with E-state index >= 15 is 0 Å². The van der Waals surface area contributed by atoms with E-state index in [4.69, 9.17) is 5.11 Å². The molecule has 0 aliphatic rings. The Labute approximate surface area is 210 Å². The molecule has 0 unspecified atom stereocenters. The van der Waals surface area contributed by atoms with Gasteiger partial charge in [0.1, 0.15) is 18.2 Å². The third kappa shape index (κ3) is 11.4. The number of carboxylic acids is 2. The number of unbranched alkanes of at least 4 members (excludes halogenated alkanes) is 2. The van der Waals surface area contributed by atoms with Gasteiger partial charge in [-0.3, -0.25) is 4.98 Å². The molecule has 8 nitrogen and oxygen atoms in total. The van der Waals surface area contributed by atoms with Crippen molar-refractivity contribution in [3.05, 3.63) is 47.6 Å². The highest BCUT2D eigenvalue weighted by atomic mass is 79.9. The van der Waals surface area contributed by atoms with Crippen LogP contribution in [0.3, 0.4) is 0 Å². The van der Waals surface area contributed by atoms with Gasteiger partial charge in [-0.05, 0) is 44.4 Å². The first-order valence-electron chi connectivity index (χ1n) is 10.2. The summed E-state index contributed by atoms with van der Waals surface area (Å²) in [6, 6.07) is 0. The number of aromatic nitrogens is 4. The van der Waals surface area contributed by atoms with Crippen molar-refractivity contribution in [3.63, 3.8) is 0 Å². The van der Waals surface area contributed by atoms with Crippen molar-refractivity contribution in [3.8, 4) is 0 Å². The molecule has 0 amide bonds. The lowest BCUT2D eigenvalue weighted by Gasteiger charge is -2.09. The Morgan fingerprint density at radius 2 is 1.81 bits per heavy atom. The van der Waals surface area contributed by atoms with Gasteiger partial charge >= 0.3 is 5.97 Å². The molecule has 2 aromatic rings. The van der Waals surface area contributed by atoms with Crippen molar-refractivity contribution in [2.24, 2.45) is 0 Å². The van der Waals surface area contributed by atoms with Crippen LogP contribution in [0.2, 0.25) is 0 Å². The molecule has 0 radical (unpaired) electrons. The summed E-state index contributed by atoms with van der Waals surface area (Å²) in [5, 5.41) is 19.7. The minimum absolute atomic E-state index is 0. The zero-order chi connectivity index (χ0) is 22.5. The number of rotatable bonds is 10. The predicted octanol–water partition coefficient (Wildman–Crippen LogP) is 3.58. The molecule has 0 atom stereocenters. The molecule has 32 heavy (non-hydrogen) atoms. The number of aromatic amines is 1. The van der Waals surface area contributed by atoms with Crippen LogP contribution >= 0.6 is 34.0 Å². The highest BCUT2D eigenvalue weighted by Gasteiger charge is 2.09. The van der Waals surface area contributed by atoms with Gasteiger partial charge in [0.15, 0.2) is 0 Å². The molecule has 2 heterocycles. The van der Waals surface area contributed by atoms with Gasteiger partial charge in [-0.15, -0.1) is 34.0 Å². The molecule has 2 rings (SSSR count). The number of aryl methyl sites for hydroxylation is 1. The summed E-state index contributed by atoms with van der Waals surface area (Å²) in [7, 11) is 0. The van der Waals surface area contributed by atoms with Gasteiger partial charge in [-0.2, -0.15) is 0 Å². The van der Waals surface area contributed by atoms with Crippen molar-refractivity contribution in [1.82, 2.24) is 14.5 Å². The molecule has 2 aromatic heterocycles. The van der Waals surface area contributed by atoms with Crippen LogP contribution in [0.5, 0.6) is 0 Å². The largest absolute Gasteiger partial charge is 0.545 e. The Kier molecular flexibility index (Phi) is 17.4. The van der Waals surface area contributed by atoms with E-state index < -0.39 is 11.9 Å². The number of halogens is 2. The molecule has 0 saturated heterocycles. The number of carbonyl (C=O) groups is 2. The number of carbonyl (C=O) groups excluding carboxylic acids is 1. The minimum Gasteiger partial charge on any atom is -0.545 e. The van der Waals surface area contributed by atoms with E-state index in [-0.39, 0.29) is 45.1 Å². The lowest BCUT2D eigenvalue weighted by atomic mass is 10.2. The third-order valence-corrected chi connectivity index (χ3v) is 4.39. The van der Waals surface area contributed by atoms with E-state index in [1.165, 1.54) is 45.0 Å². The standard InChI is InChI=1S/C15H20N2O4.C7H12N2.2BrH/c1-4-5-6-17-12(7-10(2)14(18)19)9-16-13(17)8-11(3)15(20)21;1-2-3-5-9-6-4-8-7-9;;/h7-9H,4-6H2,1-3H3,(H,18,19)(H,20,21);4,6-7H,2-3,5H2,1H3;2*1H. The van der Waals surface area contributed by atoms with Gasteiger partial charge in [0.2, 0.25) is 6.33 Å². The van der Waals surface area contributed by atoms with Gasteiger partial charge < -0.3 is 19.6 Å². The summed E-state index contributed by atoms with van der Waals surface area (Å²) >= 11 is 0. The molecule has 2 N–H and O–H groups in total. The number of hydrogen-bond donors (Lipinski definition) is 2. The van der Waals surface area contributed by atoms with E-state index in [9.17, 15) is 14.7 Å². The zero-order valence-electron chi connectivity index (χ0n) is 19.0. The van der Waals surface area contributed by atoms with Gasteiger partial charge in [0.05, 0.1) is 24.4 Å². The van der Waals surface area contributed by atoms with Crippen molar-refractivity contribution in [2.45, 2.75) is 66.5 Å². The molecular weight excluding hydrogens is 544 g/mol. The van der Waals surface area contributed by atoms with Crippen molar-refractivity contribution in [1.29, 1.82) is 0 Å². The predicted molar refractivity (Wildman–Crippen MR) is 134 cm³/mol. The Morgan fingerprint density at radius 1 is 1.16 bits per heavy atom. The van der Waals surface area contributed by atoms with Gasteiger partial charge in [-0.25, -0.2) is 14.3 Å². The van der Waals surface area contributed by atoms with Crippen molar-refractivity contribution < 1.29 is 24.4 Å². The average Bonchev–Trinajstić information content (AvgIpc) is 3.35. The van der Waals surface area contributed by atoms with Crippen LogP contribution in [0.1, 0.15) is 64.9 Å². The lowest BCUT2D eigenvalue weighted by Crippen LogP contribution is -2.29. The first-order valence-corrected chi connectivity index (χ1v) is 10.2. The molecule has 10 heteroatoms. The van der Waals surface area contributed by atoms with Crippen molar-refractivity contribution in [2.75, 3.05) is 0 Å². The Bertz CT molecular complexity index is 827. The smallest absolute Gasteiger partial charge is 0.331 e. The van der Waals surface area contributed by atoms with Crippen LogP contribution < -0.4 is 9.67 Å². The molecule has 0 aliphatic carbocycles. The number of nitrogens with zero attached hydrogens (tertiary/aromatic N) is 3. The van der Waals surface area contributed by atoms with E-state index in [1.54, 1.807) is 0 Å². The summed E-state index contributed by atoms with van der Waals surface area (Å²) < 4.78 is 3.96. The molecule has 180 valence electrons. The number of hydrogen-bond acceptors (Lipinski definition) is 4. The first-order chi connectivity index (χ1) is 14.3. The van der Waals surface area contributed by atoms with Gasteiger partial charge in [0.25, 0.3) is 0 Å². The number of nitrogens with one attached hydrogen (secondary N) is 1. The first kappa shape index (κ1) is 32.0. The number of H-pyrrole nitrogens is 1. The quantitative estimate of drug-likeness (QED) is 0.331. The zero-order valence-corrected chi connectivity index (χ0v) is 22.5. The maximum Gasteiger partial charge on any atom is 0.331 e. The highest BCUT2D eigenvalue weighted by molar-refractivity contribution is 8.93. The van der Waals surface area contributed by atoms with Gasteiger partial charge in [0, 0.05) is 12.1 Å². The second kappa shape index (κ2) is 17.4. The van der Waals surface area contributed by atoms with E-state index in [0.717, 1.165) is 19.4 Å². The third-order valence-electron chi connectivity index (χ3n) is 4.39. The fourth-order valence-electron chi connectivity index (χ4n) is 2.53. The van der Waals surface area contributed by atoms with Crippen LogP contribution in [0.4, 0.5) is 0 Å². The van der Waals surface area contributed by atoms with E-state index in [2.05, 4.69) is 27.7 Å². The van der Waals surface area contributed by atoms with Crippen LogP contribution in [0, 0.1) is 0 Å². The summed E-state index contributed by atoms with van der Waals surface area (Å²) in [6.07, 6.45) is 14.8. The highest BCUT2D eigenvalue weighted by Crippen LogP contribution is 2.14. The van der Waals surface area contributed by atoms with Crippen LogP contribution in [-0.4, -0.2) is 31.6 Å². The molecular formula is C22H34Br2N4O4. The van der Waals surface area contributed by atoms with Crippen molar-refractivity contribution >= 4 is 58.1 Å². The topological polar surface area (TPSA) is 115 Å². The second-order valence-corrected chi connectivity index (χ2v) is 7.00. The number of carboxylic acid groups (broad SMARTS) is 2. The van der Waals surface area contributed by atoms with Gasteiger partial charge in [-0.1, -0.05) is 26.7 Å². The Balaban J connectivity index is 0. The molecule has 0 aromatic carbocycles. The molecule has 0 spiro atoms. The minimum atomic E-state index is -1.24. The summed E-state index contributed by atoms with van der Waals surface area (Å²) in [4.78, 5) is 28.9. The van der Waals surface area contributed by atoms with Crippen LogP contribution in [0.25, 0.3) is 12.2 Å². The summed E-state index contributed by atoms with van der Waals surface area (Å²) in [5.74, 6) is -1.75. The molecule has 0 fully saturated rings. The fraction of sp³-hybridized carbons (Fsp3) is 0.455. The monoisotopic (exact) mass is 576 g/mol. The number of imidazole rings is 2. The maximum atomic E-state index is 10.9.